The highest BCUT2D eigenvalue weighted by molar-refractivity contribution is 7.09. The lowest BCUT2D eigenvalue weighted by molar-refractivity contribution is -0.132. The number of thiazole rings is 1. The fraction of sp³-hybridized carbons (Fsp3) is 0.533. The van der Waals surface area contributed by atoms with Crippen molar-refractivity contribution in [2.24, 2.45) is 0 Å². The first-order valence-electron chi connectivity index (χ1n) is 7.39. The molecule has 1 aliphatic heterocycles. The Balaban J connectivity index is 1.58. The first-order valence-corrected chi connectivity index (χ1v) is 8.27. The minimum absolute atomic E-state index is 0.243. The largest absolute Gasteiger partial charge is 0.341 e. The predicted molar refractivity (Wildman–Crippen MR) is 82.3 cm³/mol. The molecule has 1 amide bonds. The molecular weight excluding hydrogens is 284 g/mol. The second-order valence-corrected chi connectivity index (χ2v) is 6.42. The number of hydrogen-bond acceptors (Lipinski definition) is 4. The summed E-state index contributed by atoms with van der Waals surface area (Å²) in [5.41, 5.74) is 0. The number of carbonyl (C=O) groups is 1. The van der Waals surface area contributed by atoms with Gasteiger partial charge in [0, 0.05) is 49.9 Å². The van der Waals surface area contributed by atoms with E-state index in [9.17, 15) is 4.79 Å². The van der Waals surface area contributed by atoms with Crippen molar-refractivity contribution >= 4 is 17.2 Å². The van der Waals surface area contributed by atoms with Gasteiger partial charge in [-0.25, -0.2) is 9.97 Å². The molecule has 0 aliphatic carbocycles. The molecule has 0 bridgehead atoms. The van der Waals surface area contributed by atoms with Gasteiger partial charge in [-0.1, -0.05) is 0 Å². The molecule has 2 aromatic heterocycles. The molecule has 1 fully saturated rings. The van der Waals surface area contributed by atoms with Crippen LogP contribution in [0, 0.1) is 6.92 Å². The molecule has 0 saturated carbocycles. The number of piperidine rings is 1. The maximum atomic E-state index is 12.4. The number of aromatic nitrogens is 3. The third-order valence-corrected chi connectivity index (χ3v) is 4.88. The van der Waals surface area contributed by atoms with Gasteiger partial charge in [-0.15, -0.1) is 11.3 Å². The Hall–Kier alpha value is -1.69. The minimum atomic E-state index is 0.243. The molecule has 21 heavy (non-hydrogen) atoms. The SMILES string of the molecule is Cc1nccn1[C@H]1CCCN(C(=O)CCc2nccs2)C1. The molecule has 0 aromatic carbocycles. The average molecular weight is 304 g/mol. The summed E-state index contributed by atoms with van der Waals surface area (Å²) in [4.78, 5) is 22.9. The van der Waals surface area contributed by atoms with Crippen LogP contribution >= 0.6 is 11.3 Å². The first kappa shape index (κ1) is 14.3. The lowest BCUT2D eigenvalue weighted by Crippen LogP contribution is -2.40. The molecule has 3 heterocycles. The van der Waals surface area contributed by atoms with Crippen LogP contribution in [0.2, 0.25) is 0 Å². The lowest BCUT2D eigenvalue weighted by atomic mass is 10.0. The van der Waals surface area contributed by atoms with Gasteiger partial charge in [-0.2, -0.15) is 0 Å². The van der Waals surface area contributed by atoms with E-state index < -0.39 is 0 Å². The van der Waals surface area contributed by atoms with Crippen LogP contribution in [0.25, 0.3) is 0 Å². The third kappa shape index (κ3) is 3.32. The van der Waals surface area contributed by atoms with Gasteiger partial charge in [0.05, 0.1) is 11.0 Å². The van der Waals surface area contributed by atoms with E-state index in [1.54, 1.807) is 17.5 Å². The molecule has 6 heteroatoms. The summed E-state index contributed by atoms with van der Waals surface area (Å²) in [6.45, 7) is 3.69. The summed E-state index contributed by atoms with van der Waals surface area (Å²) < 4.78 is 2.19. The molecule has 1 saturated heterocycles. The summed E-state index contributed by atoms with van der Waals surface area (Å²) in [5.74, 6) is 1.27. The highest BCUT2D eigenvalue weighted by Crippen LogP contribution is 2.23. The number of nitrogens with zero attached hydrogens (tertiary/aromatic N) is 4. The highest BCUT2D eigenvalue weighted by atomic mass is 32.1. The van der Waals surface area contributed by atoms with E-state index in [2.05, 4.69) is 14.5 Å². The van der Waals surface area contributed by atoms with Crippen LogP contribution < -0.4 is 0 Å². The van der Waals surface area contributed by atoms with Crippen molar-refractivity contribution in [3.63, 3.8) is 0 Å². The Bertz CT molecular complexity index is 593. The van der Waals surface area contributed by atoms with Gasteiger partial charge in [-0.3, -0.25) is 4.79 Å². The van der Waals surface area contributed by atoms with E-state index in [1.807, 2.05) is 29.6 Å². The van der Waals surface area contributed by atoms with Gasteiger partial charge in [0.25, 0.3) is 0 Å². The van der Waals surface area contributed by atoms with E-state index >= 15 is 0 Å². The molecule has 2 aromatic rings. The van der Waals surface area contributed by atoms with Crippen molar-refractivity contribution in [1.82, 2.24) is 19.4 Å². The number of carbonyl (C=O) groups excluding carboxylic acids is 1. The summed E-state index contributed by atoms with van der Waals surface area (Å²) in [6, 6.07) is 0.366. The molecule has 1 atom stereocenters. The van der Waals surface area contributed by atoms with Crippen LogP contribution in [0.3, 0.4) is 0 Å². The fourth-order valence-corrected chi connectivity index (χ4v) is 3.55. The number of hydrogen-bond donors (Lipinski definition) is 0. The summed E-state index contributed by atoms with van der Waals surface area (Å²) in [5, 5.41) is 3.00. The smallest absolute Gasteiger partial charge is 0.223 e. The van der Waals surface area contributed by atoms with E-state index in [0.717, 1.165) is 43.2 Å². The van der Waals surface area contributed by atoms with Crippen LogP contribution in [0.15, 0.2) is 24.0 Å². The van der Waals surface area contributed by atoms with Crippen molar-refractivity contribution in [2.75, 3.05) is 13.1 Å². The fourth-order valence-electron chi connectivity index (χ4n) is 2.93. The summed E-state index contributed by atoms with van der Waals surface area (Å²) in [7, 11) is 0. The van der Waals surface area contributed by atoms with Gasteiger partial charge in [0.1, 0.15) is 5.82 Å². The van der Waals surface area contributed by atoms with E-state index in [0.29, 0.717) is 12.5 Å². The Labute approximate surface area is 128 Å². The van der Waals surface area contributed by atoms with Crippen molar-refractivity contribution in [3.05, 3.63) is 34.8 Å². The average Bonchev–Trinajstić information content (AvgIpc) is 3.16. The third-order valence-electron chi connectivity index (χ3n) is 4.04. The monoisotopic (exact) mass is 304 g/mol. The van der Waals surface area contributed by atoms with Crippen LogP contribution in [-0.2, 0) is 11.2 Å². The summed E-state index contributed by atoms with van der Waals surface area (Å²) >= 11 is 1.62. The van der Waals surface area contributed by atoms with Gasteiger partial charge in [0.15, 0.2) is 0 Å². The van der Waals surface area contributed by atoms with E-state index in [-0.39, 0.29) is 5.91 Å². The number of imidazole rings is 1. The number of aryl methyl sites for hydroxylation is 2. The zero-order valence-electron chi connectivity index (χ0n) is 12.2. The van der Waals surface area contributed by atoms with Crippen LogP contribution in [0.4, 0.5) is 0 Å². The standard InChI is InChI=1S/C15H20N4OS/c1-12-16-6-9-19(12)13-3-2-8-18(11-13)15(20)5-4-14-17-7-10-21-14/h6-7,9-10,13H,2-5,8,11H2,1H3/t13-/m0/s1. The van der Waals surface area contributed by atoms with Crippen molar-refractivity contribution < 1.29 is 4.79 Å². The molecule has 5 nitrogen and oxygen atoms in total. The Morgan fingerprint density at radius 3 is 3.05 bits per heavy atom. The van der Waals surface area contributed by atoms with Gasteiger partial charge < -0.3 is 9.47 Å². The van der Waals surface area contributed by atoms with Crippen molar-refractivity contribution in [2.45, 2.75) is 38.6 Å². The number of amides is 1. The molecular formula is C15H20N4OS. The van der Waals surface area contributed by atoms with Gasteiger partial charge >= 0.3 is 0 Å². The Kier molecular flexibility index (Phi) is 4.34. The maximum Gasteiger partial charge on any atom is 0.223 e. The second kappa shape index (κ2) is 6.39. The van der Waals surface area contributed by atoms with Gasteiger partial charge in [-0.05, 0) is 19.8 Å². The van der Waals surface area contributed by atoms with E-state index in [1.165, 1.54) is 0 Å². The zero-order valence-corrected chi connectivity index (χ0v) is 13.1. The molecule has 0 spiro atoms. The lowest BCUT2D eigenvalue weighted by Gasteiger charge is -2.34. The first-order chi connectivity index (χ1) is 10.2. The molecule has 3 rings (SSSR count). The molecule has 0 N–H and O–H groups in total. The minimum Gasteiger partial charge on any atom is -0.341 e. The molecule has 0 unspecified atom stereocenters. The van der Waals surface area contributed by atoms with Crippen molar-refractivity contribution in [1.29, 1.82) is 0 Å². The summed E-state index contributed by atoms with van der Waals surface area (Å²) in [6.07, 6.45) is 9.13. The van der Waals surface area contributed by atoms with Crippen molar-refractivity contribution in [3.8, 4) is 0 Å². The normalized spacial score (nSPS) is 18.9. The Morgan fingerprint density at radius 1 is 1.43 bits per heavy atom. The topological polar surface area (TPSA) is 51.0 Å². The predicted octanol–water partition coefficient (Wildman–Crippen LogP) is 2.44. The number of likely N-dealkylation sites (tertiary alicyclic amines) is 1. The van der Waals surface area contributed by atoms with Crippen LogP contribution in [0.1, 0.15) is 36.1 Å². The second-order valence-electron chi connectivity index (χ2n) is 5.44. The maximum absolute atomic E-state index is 12.4. The number of rotatable bonds is 4. The molecule has 1 aliphatic rings. The van der Waals surface area contributed by atoms with E-state index in [4.69, 9.17) is 0 Å². The quantitative estimate of drug-likeness (QED) is 0.872. The molecule has 112 valence electrons. The molecule has 0 radical (unpaired) electrons. The Morgan fingerprint density at radius 2 is 2.33 bits per heavy atom. The highest BCUT2D eigenvalue weighted by Gasteiger charge is 2.25. The van der Waals surface area contributed by atoms with Gasteiger partial charge in [0.2, 0.25) is 5.91 Å². The van der Waals surface area contributed by atoms with Crippen LogP contribution in [-0.4, -0.2) is 38.4 Å². The van der Waals surface area contributed by atoms with Crippen LogP contribution in [0.5, 0.6) is 0 Å². The zero-order chi connectivity index (χ0) is 14.7.